The van der Waals surface area contributed by atoms with Gasteiger partial charge in [0.2, 0.25) is 5.88 Å². The van der Waals surface area contributed by atoms with E-state index in [1.807, 2.05) is 0 Å². The van der Waals surface area contributed by atoms with Crippen molar-refractivity contribution in [1.82, 2.24) is 4.98 Å². The largest absolute Gasteiger partial charge is 0.574 e. The van der Waals surface area contributed by atoms with Crippen LogP contribution in [0.5, 0.6) is 5.88 Å². The van der Waals surface area contributed by atoms with Crippen LogP contribution in [-0.2, 0) is 5.88 Å². The molecule has 0 aromatic carbocycles. The van der Waals surface area contributed by atoms with Crippen molar-refractivity contribution < 1.29 is 32.2 Å². The van der Waals surface area contributed by atoms with Gasteiger partial charge in [0.15, 0.2) is 11.5 Å². The molecule has 0 radical (unpaired) electrons. The lowest BCUT2D eigenvalue weighted by atomic mass is 10.2. The van der Waals surface area contributed by atoms with Crippen LogP contribution in [0.15, 0.2) is 6.07 Å². The minimum absolute atomic E-state index is 0.397. The highest BCUT2D eigenvalue weighted by molar-refractivity contribution is 6.17. The summed E-state index contributed by atoms with van der Waals surface area (Å²) in [6.07, 6.45) is -5.07. The summed E-state index contributed by atoms with van der Waals surface area (Å²) in [7, 11) is 0. The van der Waals surface area contributed by atoms with Gasteiger partial charge in [-0.3, -0.25) is 0 Å². The second kappa shape index (κ2) is 4.74. The van der Waals surface area contributed by atoms with Crippen molar-refractivity contribution in [2.24, 2.45) is 0 Å². The topological polar surface area (TPSA) is 59.4 Å². The number of ether oxygens (including phenoxy) is 1. The predicted octanol–water partition coefficient (Wildman–Crippen LogP) is 2.56. The second-order valence-electron chi connectivity index (χ2n) is 2.77. The quantitative estimate of drug-likeness (QED) is 0.679. The smallest absolute Gasteiger partial charge is 0.476 e. The first kappa shape index (κ1) is 13.5. The Labute approximate surface area is 96.8 Å². The number of hydrogen-bond donors (Lipinski definition) is 1. The molecule has 1 heterocycles. The van der Waals surface area contributed by atoms with Gasteiger partial charge in [-0.15, -0.1) is 24.8 Å². The first-order valence-electron chi connectivity index (χ1n) is 3.99. The second-order valence-corrected chi connectivity index (χ2v) is 3.04. The Bertz CT molecular complexity index is 449. The first-order valence-corrected chi connectivity index (χ1v) is 4.52. The summed E-state index contributed by atoms with van der Waals surface area (Å²) in [5.74, 6) is -4.68. The van der Waals surface area contributed by atoms with Crippen LogP contribution in [0.2, 0.25) is 0 Å². The SMILES string of the molecule is O=C(O)c1nc(OC(F)(F)F)c(CCl)cc1F. The van der Waals surface area contributed by atoms with Crippen LogP contribution >= 0.6 is 11.6 Å². The molecule has 94 valence electrons. The summed E-state index contributed by atoms with van der Waals surface area (Å²) in [6.45, 7) is 0. The summed E-state index contributed by atoms with van der Waals surface area (Å²) in [6, 6.07) is 0.532. The number of pyridine rings is 1. The zero-order valence-electron chi connectivity index (χ0n) is 7.89. The molecular formula is C8H4ClF4NO3. The summed E-state index contributed by atoms with van der Waals surface area (Å²) < 4.78 is 52.3. The van der Waals surface area contributed by atoms with E-state index in [2.05, 4.69) is 9.72 Å². The molecule has 4 nitrogen and oxygen atoms in total. The molecule has 0 aliphatic heterocycles. The number of carbonyl (C=O) groups is 1. The van der Waals surface area contributed by atoms with Gasteiger partial charge in [0.05, 0.1) is 5.88 Å². The number of halogens is 5. The Morgan fingerprint density at radius 2 is 2.12 bits per heavy atom. The van der Waals surface area contributed by atoms with Gasteiger partial charge in [-0.1, -0.05) is 0 Å². The van der Waals surface area contributed by atoms with Crippen molar-refractivity contribution in [3.05, 3.63) is 23.1 Å². The minimum Gasteiger partial charge on any atom is -0.476 e. The maximum Gasteiger partial charge on any atom is 0.574 e. The lowest BCUT2D eigenvalue weighted by Crippen LogP contribution is -2.20. The maximum absolute atomic E-state index is 13.1. The molecule has 1 rings (SSSR count). The summed E-state index contributed by atoms with van der Waals surface area (Å²) >= 11 is 5.26. The van der Waals surface area contributed by atoms with Crippen molar-refractivity contribution in [3.63, 3.8) is 0 Å². The van der Waals surface area contributed by atoms with Gasteiger partial charge in [-0.05, 0) is 6.07 Å². The number of rotatable bonds is 3. The Balaban J connectivity index is 3.26. The standard InChI is InChI=1S/C8H4ClF4NO3/c9-2-3-1-4(10)5(7(15)16)14-6(3)17-8(11,12)13/h1H,2H2,(H,15,16). The molecule has 0 saturated heterocycles. The average molecular weight is 274 g/mol. The van der Waals surface area contributed by atoms with E-state index in [-0.39, 0.29) is 0 Å². The summed E-state index contributed by atoms with van der Waals surface area (Å²) in [4.78, 5) is 13.4. The third-order valence-corrected chi connectivity index (χ3v) is 1.86. The van der Waals surface area contributed by atoms with Crippen LogP contribution in [0.25, 0.3) is 0 Å². The van der Waals surface area contributed by atoms with Gasteiger partial charge in [0.1, 0.15) is 0 Å². The van der Waals surface area contributed by atoms with Gasteiger partial charge < -0.3 is 9.84 Å². The summed E-state index contributed by atoms with van der Waals surface area (Å²) in [5, 5.41) is 8.48. The molecule has 0 aliphatic carbocycles. The normalized spacial score (nSPS) is 11.4. The van der Waals surface area contributed by atoms with E-state index in [4.69, 9.17) is 16.7 Å². The Morgan fingerprint density at radius 3 is 2.53 bits per heavy atom. The Hall–Kier alpha value is -1.57. The molecule has 17 heavy (non-hydrogen) atoms. The van der Waals surface area contributed by atoms with Crippen molar-refractivity contribution in [3.8, 4) is 5.88 Å². The molecule has 0 spiro atoms. The Morgan fingerprint density at radius 1 is 1.53 bits per heavy atom. The molecule has 0 fully saturated rings. The highest BCUT2D eigenvalue weighted by atomic mass is 35.5. The zero-order valence-corrected chi connectivity index (χ0v) is 8.64. The van der Waals surface area contributed by atoms with Crippen LogP contribution in [0.4, 0.5) is 17.6 Å². The van der Waals surface area contributed by atoms with Gasteiger partial charge in [-0.25, -0.2) is 14.2 Å². The number of carboxylic acid groups (broad SMARTS) is 1. The van der Waals surface area contributed by atoms with Crippen molar-refractivity contribution in [1.29, 1.82) is 0 Å². The Kier molecular flexibility index (Phi) is 3.76. The molecule has 0 amide bonds. The molecule has 0 unspecified atom stereocenters. The van der Waals surface area contributed by atoms with E-state index in [1.54, 1.807) is 0 Å². The summed E-state index contributed by atoms with van der Waals surface area (Å²) in [5.41, 5.74) is -1.57. The van der Waals surface area contributed by atoms with Crippen LogP contribution in [-0.4, -0.2) is 22.4 Å². The molecule has 0 bridgehead atoms. The van der Waals surface area contributed by atoms with E-state index in [1.165, 1.54) is 0 Å². The van der Waals surface area contributed by atoms with E-state index < -0.39 is 41.2 Å². The molecule has 1 aromatic heterocycles. The molecule has 0 saturated carbocycles. The fourth-order valence-corrected chi connectivity index (χ4v) is 1.14. The maximum atomic E-state index is 13.1. The molecule has 0 aliphatic rings. The monoisotopic (exact) mass is 273 g/mol. The third-order valence-electron chi connectivity index (χ3n) is 1.57. The van der Waals surface area contributed by atoms with Crippen LogP contribution in [0.3, 0.4) is 0 Å². The predicted molar refractivity (Wildman–Crippen MR) is 47.4 cm³/mol. The van der Waals surface area contributed by atoms with Gasteiger partial charge in [0.25, 0.3) is 0 Å². The van der Waals surface area contributed by atoms with E-state index in [9.17, 15) is 22.4 Å². The van der Waals surface area contributed by atoms with Crippen LogP contribution in [0.1, 0.15) is 16.1 Å². The highest BCUT2D eigenvalue weighted by Crippen LogP contribution is 2.27. The fraction of sp³-hybridized carbons (Fsp3) is 0.250. The highest BCUT2D eigenvalue weighted by Gasteiger charge is 2.33. The molecule has 1 aromatic rings. The fourth-order valence-electron chi connectivity index (χ4n) is 0.954. The van der Waals surface area contributed by atoms with E-state index in [0.717, 1.165) is 0 Å². The van der Waals surface area contributed by atoms with Crippen molar-refractivity contribution in [2.75, 3.05) is 0 Å². The number of hydrogen-bond acceptors (Lipinski definition) is 3. The molecule has 0 atom stereocenters. The molecular weight excluding hydrogens is 270 g/mol. The molecule has 1 N–H and O–H groups in total. The number of aromatic nitrogens is 1. The van der Waals surface area contributed by atoms with Crippen molar-refractivity contribution >= 4 is 17.6 Å². The van der Waals surface area contributed by atoms with Gasteiger partial charge in [-0.2, -0.15) is 0 Å². The number of nitrogens with zero attached hydrogens (tertiary/aromatic N) is 1. The van der Waals surface area contributed by atoms with E-state index in [0.29, 0.717) is 6.07 Å². The average Bonchev–Trinajstić information content (AvgIpc) is 2.17. The van der Waals surface area contributed by atoms with Crippen molar-refractivity contribution in [2.45, 2.75) is 12.2 Å². The van der Waals surface area contributed by atoms with Crippen LogP contribution in [0, 0.1) is 5.82 Å². The number of aromatic carboxylic acids is 1. The van der Waals surface area contributed by atoms with E-state index >= 15 is 0 Å². The molecule has 9 heteroatoms. The van der Waals surface area contributed by atoms with Crippen LogP contribution < -0.4 is 4.74 Å². The zero-order chi connectivity index (χ0) is 13.2. The minimum atomic E-state index is -5.07. The first-order chi connectivity index (χ1) is 7.74. The number of carboxylic acids is 1. The van der Waals surface area contributed by atoms with Gasteiger partial charge in [0, 0.05) is 5.56 Å². The number of alkyl halides is 4. The third kappa shape index (κ3) is 3.45. The lowest BCUT2D eigenvalue weighted by molar-refractivity contribution is -0.276. The van der Waals surface area contributed by atoms with Gasteiger partial charge >= 0.3 is 12.3 Å². The lowest BCUT2D eigenvalue weighted by Gasteiger charge is -2.11.